The predicted octanol–water partition coefficient (Wildman–Crippen LogP) is 2.32. The number of sulfonamides is 1. The van der Waals surface area contributed by atoms with E-state index < -0.39 is 22.0 Å². The summed E-state index contributed by atoms with van der Waals surface area (Å²) in [4.78, 5) is 12.5. The molecule has 1 aliphatic heterocycles. The Morgan fingerprint density at radius 1 is 1.12 bits per heavy atom. The summed E-state index contributed by atoms with van der Waals surface area (Å²) in [6, 6.07) is 13.6. The highest BCUT2D eigenvalue weighted by Crippen LogP contribution is 2.27. The van der Waals surface area contributed by atoms with Crippen LogP contribution in [-0.2, 0) is 21.2 Å². The highest BCUT2D eigenvalue weighted by molar-refractivity contribution is 7.91. The summed E-state index contributed by atoms with van der Waals surface area (Å²) in [5.41, 5.74) is 2.31. The quantitative estimate of drug-likeness (QED) is 0.834. The number of carbonyl (C=O) groups excluding carboxylic acids is 1. The number of nitrogens with zero attached hydrogens (tertiary/aromatic N) is 1. The molecule has 1 aliphatic rings. The normalized spacial score (nSPS) is 17.7. The number of thiocarbonyl (C=S) groups is 1. The van der Waals surface area contributed by atoms with Gasteiger partial charge in [0.15, 0.2) is 5.11 Å². The lowest BCUT2D eigenvalue weighted by atomic mass is 10.1. The van der Waals surface area contributed by atoms with Crippen LogP contribution in [-0.4, -0.2) is 29.8 Å². The Morgan fingerprint density at radius 3 is 2.48 bits per heavy atom. The highest BCUT2D eigenvalue weighted by atomic mass is 32.2. The number of benzene rings is 2. The first-order valence-corrected chi connectivity index (χ1v) is 9.66. The summed E-state index contributed by atoms with van der Waals surface area (Å²) >= 11 is 5.15. The van der Waals surface area contributed by atoms with Gasteiger partial charge in [0, 0.05) is 6.42 Å². The van der Waals surface area contributed by atoms with Crippen LogP contribution in [0.15, 0.2) is 53.4 Å². The molecule has 2 aromatic rings. The van der Waals surface area contributed by atoms with Crippen molar-refractivity contribution in [1.82, 2.24) is 9.62 Å². The van der Waals surface area contributed by atoms with Crippen molar-refractivity contribution in [3.8, 4) is 0 Å². The van der Waals surface area contributed by atoms with Crippen LogP contribution >= 0.6 is 12.2 Å². The molecule has 3 rings (SSSR count). The number of hydrogen-bond acceptors (Lipinski definition) is 4. The van der Waals surface area contributed by atoms with Crippen LogP contribution in [0.5, 0.6) is 0 Å². The lowest BCUT2D eigenvalue weighted by Gasteiger charge is -2.24. The second-order valence-corrected chi connectivity index (χ2v) is 8.24. The highest BCUT2D eigenvalue weighted by Gasteiger charge is 2.44. The van der Waals surface area contributed by atoms with Crippen molar-refractivity contribution in [2.75, 3.05) is 0 Å². The van der Waals surface area contributed by atoms with Gasteiger partial charge in [-0.1, -0.05) is 42.5 Å². The molecule has 0 spiro atoms. The molecule has 130 valence electrons. The summed E-state index contributed by atoms with van der Waals surface area (Å²) < 4.78 is 27.5. The summed E-state index contributed by atoms with van der Waals surface area (Å²) in [7, 11) is -3.93. The molecule has 1 atom stereocenters. The number of carbonyl (C=O) groups is 1. The molecule has 0 unspecified atom stereocenters. The van der Waals surface area contributed by atoms with E-state index in [1.165, 1.54) is 0 Å². The molecule has 1 heterocycles. The van der Waals surface area contributed by atoms with Crippen LogP contribution in [0, 0.1) is 13.8 Å². The summed E-state index contributed by atoms with van der Waals surface area (Å²) in [5, 5.41) is 2.41. The first-order valence-electron chi connectivity index (χ1n) is 7.81. The fourth-order valence-electron chi connectivity index (χ4n) is 2.87. The van der Waals surface area contributed by atoms with Crippen LogP contribution in [0.2, 0.25) is 0 Å². The zero-order valence-corrected chi connectivity index (χ0v) is 15.5. The van der Waals surface area contributed by atoms with E-state index in [2.05, 4.69) is 5.32 Å². The maximum atomic E-state index is 13.2. The van der Waals surface area contributed by atoms with Gasteiger partial charge in [0.1, 0.15) is 6.04 Å². The Kier molecular flexibility index (Phi) is 4.62. The molecule has 0 aliphatic carbocycles. The molecule has 0 bridgehead atoms. The van der Waals surface area contributed by atoms with Crippen molar-refractivity contribution in [2.24, 2.45) is 0 Å². The third-order valence-corrected chi connectivity index (χ3v) is 6.53. The molecule has 5 nitrogen and oxygen atoms in total. The zero-order valence-electron chi connectivity index (χ0n) is 13.9. The molecular weight excluding hydrogens is 356 g/mol. The average Bonchev–Trinajstić information content (AvgIpc) is 2.85. The minimum atomic E-state index is -3.93. The van der Waals surface area contributed by atoms with Gasteiger partial charge in [0.25, 0.3) is 15.9 Å². The molecule has 0 aromatic heterocycles. The van der Waals surface area contributed by atoms with Crippen molar-refractivity contribution >= 4 is 33.3 Å². The first kappa shape index (κ1) is 17.6. The molecule has 7 heteroatoms. The van der Waals surface area contributed by atoms with E-state index in [-0.39, 0.29) is 16.4 Å². The fourth-order valence-corrected chi connectivity index (χ4v) is 5.19. The van der Waals surface area contributed by atoms with Gasteiger partial charge in [0.2, 0.25) is 0 Å². The Hall–Kier alpha value is -2.25. The molecule has 1 amide bonds. The maximum Gasteiger partial charge on any atom is 0.267 e. The van der Waals surface area contributed by atoms with Gasteiger partial charge >= 0.3 is 0 Å². The smallest absolute Gasteiger partial charge is 0.267 e. The monoisotopic (exact) mass is 374 g/mol. The summed E-state index contributed by atoms with van der Waals surface area (Å²) in [5.74, 6) is -0.400. The van der Waals surface area contributed by atoms with Gasteiger partial charge < -0.3 is 5.32 Å². The average molecular weight is 374 g/mol. The molecule has 1 fully saturated rings. The molecule has 0 radical (unpaired) electrons. The lowest BCUT2D eigenvalue weighted by molar-refractivity contribution is -0.120. The van der Waals surface area contributed by atoms with E-state index in [0.717, 1.165) is 15.4 Å². The minimum absolute atomic E-state index is 0.0770. The number of nitrogens with one attached hydrogen (secondary N) is 1. The van der Waals surface area contributed by atoms with Gasteiger partial charge in [-0.05, 0) is 48.8 Å². The van der Waals surface area contributed by atoms with E-state index in [4.69, 9.17) is 12.2 Å². The number of rotatable bonds is 4. The molecule has 25 heavy (non-hydrogen) atoms. The van der Waals surface area contributed by atoms with E-state index in [1.54, 1.807) is 19.1 Å². The SMILES string of the molecule is Cc1ccc(C)c(S(=O)(=O)N2C(=S)NC(=O)[C@H]2Cc2ccccc2)c1. The maximum absolute atomic E-state index is 13.2. The van der Waals surface area contributed by atoms with E-state index in [9.17, 15) is 13.2 Å². The van der Waals surface area contributed by atoms with Crippen LogP contribution < -0.4 is 5.32 Å². The molecular formula is C18H18N2O3S2. The number of amides is 1. The molecule has 1 N–H and O–H groups in total. The van der Waals surface area contributed by atoms with Gasteiger partial charge in [-0.2, -0.15) is 0 Å². The Balaban J connectivity index is 2.04. The van der Waals surface area contributed by atoms with Crippen molar-refractivity contribution in [1.29, 1.82) is 0 Å². The lowest BCUT2D eigenvalue weighted by Crippen LogP contribution is -2.41. The third-order valence-electron chi connectivity index (χ3n) is 4.17. The van der Waals surface area contributed by atoms with Crippen LogP contribution in [0.3, 0.4) is 0 Å². The van der Waals surface area contributed by atoms with Crippen LogP contribution in [0.4, 0.5) is 0 Å². The summed E-state index contributed by atoms with van der Waals surface area (Å²) in [6.07, 6.45) is 0.261. The minimum Gasteiger partial charge on any atom is -0.300 e. The predicted molar refractivity (Wildman–Crippen MR) is 99.6 cm³/mol. The molecule has 2 aromatic carbocycles. The zero-order chi connectivity index (χ0) is 18.2. The fraction of sp³-hybridized carbons (Fsp3) is 0.222. The second kappa shape index (κ2) is 6.57. The van der Waals surface area contributed by atoms with Gasteiger partial charge in [-0.3, -0.25) is 4.79 Å². The van der Waals surface area contributed by atoms with E-state index in [1.807, 2.05) is 43.3 Å². The Bertz CT molecular complexity index is 940. The van der Waals surface area contributed by atoms with E-state index in [0.29, 0.717) is 5.56 Å². The topological polar surface area (TPSA) is 66.5 Å². The van der Waals surface area contributed by atoms with E-state index >= 15 is 0 Å². The first-order chi connectivity index (χ1) is 11.8. The van der Waals surface area contributed by atoms with Gasteiger partial charge in [-0.25, -0.2) is 12.7 Å². The molecule has 0 saturated carbocycles. The third kappa shape index (κ3) is 3.29. The second-order valence-electron chi connectivity index (χ2n) is 6.07. The Labute approximate surface area is 152 Å². The number of aryl methyl sites for hydroxylation is 2. The van der Waals surface area contributed by atoms with Gasteiger partial charge in [0.05, 0.1) is 4.90 Å². The number of hydrogen-bond donors (Lipinski definition) is 1. The van der Waals surface area contributed by atoms with Crippen LogP contribution in [0.25, 0.3) is 0 Å². The Morgan fingerprint density at radius 2 is 1.80 bits per heavy atom. The molecule has 1 saturated heterocycles. The van der Waals surface area contributed by atoms with Gasteiger partial charge in [-0.15, -0.1) is 0 Å². The standard InChI is InChI=1S/C18H18N2O3S2/c1-12-8-9-13(2)16(10-12)25(22,23)20-15(17(21)19-18(20)24)11-14-6-4-3-5-7-14/h3-10,15H,11H2,1-2H3,(H,19,21,24)/t15-/m1/s1. The van der Waals surface area contributed by atoms with Crippen molar-refractivity contribution in [2.45, 2.75) is 31.2 Å². The van der Waals surface area contributed by atoms with Crippen molar-refractivity contribution < 1.29 is 13.2 Å². The summed E-state index contributed by atoms with van der Waals surface area (Å²) in [6.45, 7) is 3.55. The largest absolute Gasteiger partial charge is 0.300 e. The van der Waals surface area contributed by atoms with Crippen LogP contribution in [0.1, 0.15) is 16.7 Å². The van der Waals surface area contributed by atoms with Crippen molar-refractivity contribution in [3.05, 3.63) is 65.2 Å². The van der Waals surface area contributed by atoms with Crippen molar-refractivity contribution in [3.63, 3.8) is 0 Å².